The Kier molecular flexibility index (Phi) is 7.31. The first-order chi connectivity index (χ1) is 13.6. The Bertz CT molecular complexity index is 691. The molecule has 0 bridgehead atoms. The van der Waals surface area contributed by atoms with Crippen LogP contribution < -0.4 is 5.32 Å². The number of aliphatic imine (C=N–C) groups is 1. The maximum Gasteiger partial charge on any atom is 0.310 e. The molecular weight excluding hydrogens is 354 g/mol. The highest BCUT2D eigenvalue weighted by atomic mass is 16.5. The van der Waals surface area contributed by atoms with Gasteiger partial charge >= 0.3 is 5.97 Å². The van der Waals surface area contributed by atoms with Crippen molar-refractivity contribution in [2.45, 2.75) is 38.7 Å². The zero-order valence-electron chi connectivity index (χ0n) is 17.3. The van der Waals surface area contributed by atoms with E-state index in [-0.39, 0.29) is 23.9 Å². The number of carbonyl (C=O) groups excluding carboxylic acids is 1. The number of aryl methyl sites for hydroxylation is 1. The van der Waals surface area contributed by atoms with Crippen molar-refractivity contribution in [3.8, 4) is 0 Å². The first-order valence-electron chi connectivity index (χ1n) is 10.4. The molecule has 154 valence electrons. The van der Waals surface area contributed by atoms with Gasteiger partial charge in [-0.1, -0.05) is 31.2 Å². The van der Waals surface area contributed by atoms with Crippen LogP contribution in [-0.2, 0) is 20.7 Å². The maximum atomic E-state index is 11.9. The van der Waals surface area contributed by atoms with E-state index in [1.54, 1.807) is 7.05 Å². The Morgan fingerprint density at radius 2 is 2.14 bits per heavy atom. The summed E-state index contributed by atoms with van der Waals surface area (Å²) >= 11 is 0. The quantitative estimate of drug-likeness (QED) is 0.352. The van der Waals surface area contributed by atoms with E-state index in [2.05, 4.69) is 46.4 Å². The minimum atomic E-state index is -0.133. The highest BCUT2D eigenvalue weighted by Gasteiger charge is 2.36. The Balaban J connectivity index is 1.41. The van der Waals surface area contributed by atoms with E-state index in [0.717, 1.165) is 44.9 Å². The summed E-state index contributed by atoms with van der Waals surface area (Å²) < 4.78 is 11.1. The second kappa shape index (κ2) is 9.92. The number of fused-ring (bicyclic) bond motifs is 1. The van der Waals surface area contributed by atoms with Crippen LogP contribution in [0.4, 0.5) is 0 Å². The lowest BCUT2D eigenvalue weighted by molar-refractivity contribution is -0.145. The number of nitrogens with one attached hydrogen (secondary N) is 1. The normalized spacial score (nSPS) is 24.8. The number of hydrogen-bond acceptors (Lipinski definition) is 4. The summed E-state index contributed by atoms with van der Waals surface area (Å²) in [6, 6.07) is 8.63. The fourth-order valence-electron chi connectivity index (χ4n) is 4.31. The molecule has 1 aliphatic carbocycles. The first-order valence-corrected chi connectivity index (χ1v) is 10.4. The average molecular weight is 388 g/mol. The van der Waals surface area contributed by atoms with E-state index in [0.29, 0.717) is 6.54 Å². The summed E-state index contributed by atoms with van der Waals surface area (Å²) in [4.78, 5) is 18.4. The summed E-state index contributed by atoms with van der Waals surface area (Å²) in [7, 11) is 3.24. The molecule has 1 aromatic rings. The van der Waals surface area contributed by atoms with Crippen molar-refractivity contribution in [3.63, 3.8) is 0 Å². The van der Waals surface area contributed by atoms with E-state index in [4.69, 9.17) is 9.47 Å². The van der Waals surface area contributed by atoms with E-state index in [1.807, 2.05) is 0 Å². The molecule has 28 heavy (non-hydrogen) atoms. The third-order valence-corrected chi connectivity index (χ3v) is 5.87. The molecule has 1 aliphatic heterocycles. The molecule has 1 fully saturated rings. The van der Waals surface area contributed by atoms with Crippen molar-refractivity contribution in [1.29, 1.82) is 0 Å². The van der Waals surface area contributed by atoms with Gasteiger partial charge in [0.25, 0.3) is 0 Å². The molecule has 0 spiro atoms. The number of nitrogens with zero attached hydrogens (tertiary/aromatic N) is 2. The minimum Gasteiger partial charge on any atom is -0.469 e. The first kappa shape index (κ1) is 20.6. The Morgan fingerprint density at radius 1 is 1.32 bits per heavy atom. The van der Waals surface area contributed by atoms with Gasteiger partial charge in [0, 0.05) is 33.3 Å². The predicted molar refractivity (Wildman–Crippen MR) is 110 cm³/mol. The van der Waals surface area contributed by atoms with Crippen LogP contribution in [0.3, 0.4) is 0 Å². The molecular formula is C22H33N3O3. The Labute approximate surface area is 168 Å². The molecule has 3 unspecified atom stereocenters. The third-order valence-electron chi connectivity index (χ3n) is 5.87. The van der Waals surface area contributed by atoms with Crippen molar-refractivity contribution in [3.05, 3.63) is 35.4 Å². The topological polar surface area (TPSA) is 63.2 Å². The smallest absolute Gasteiger partial charge is 0.310 e. The van der Waals surface area contributed by atoms with Crippen molar-refractivity contribution < 1.29 is 14.3 Å². The monoisotopic (exact) mass is 387 g/mol. The fraction of sp³-hybridized carbons (Fsp3) is 0.636. The molecule has 1 aromatic carbocycles. The van der Waals surface area contributed by atoms with E-state index in [1.165, 1.54) is 24.7 Å². The van der Waals surface area contributed by atoms with Crippen molar-refractivity contribution >= 4 is 11.9 Å². The van der Waals surface area contributed by atoms with Gasteiger partial charge in [0.05, 0.1) is 19.1 Å². The van der Waals surface area contributed by atoms with Gasteiger partial charge in [-0.25, -0.2) is 0 Å². The Hall–Kier alpha value is -2.08. The van der Waals surface area contributed by atoms with Gasteiger partial charge in [-0.05, 0) is 42.7 Å². The summed E-state index contributed by atoms with van der Waals surface area (Å²) in [5, 5.41) is 3.41. The highest BCUT2D eigenvalue weighted by molar-refractivity contribution is 5.82. The number of likely N-dealkylation sites (tertiary alicyclic amines) is 1. The fourth-order valence-corrected chi connectivity index (χ4v) is 4.31. The molecule has 3 atom stereocenters. The third kappa shape index (κ3) is 4.85. The lowest BCUT2D eigenvalue weighted by atomic mass is 9.89. The van der Waals surface area contributed by atoms with Crippen LogP contribution in [0.2, 0.25) is 0 Å². The number of benzene rings is 1. The number of hydrogen-bond donors (Lipinski definition) is 1. The molecule has 6 heteroatoms. The van der Waals surface area contributed by atoms with Gasteiger partial charge in [0.2, 0.25) is 0 Å². The molecule has 3 rings (SSSR count). The van der Waals surface area contributed by atoms with Crippen molar-refractivity contribution in [2.24, 2.45) is 16.8 Å². The summed E-state index contributed by atoms with van der Waals surface area (Å²) in [6.07, 6.45) is 4.61. The molecule has 1 saturated heterocycles. The molecule has 0 aromatic heterocycles. The van der Waals surface area contributed by atoms with E-state index < -0.39 is 0 Å². The van der Waals surface area contributed by atoms with Crippen LogP contribution in [0.5, 0.6) is 0 Å². The number of carbonyl (C=O) groups is 1. The highest BCUT2D eigenvalue weighted by Crippen LogP contribution is 2.32. The number of esters is 1. The standard InChI is InChI=1S/C22H33N3O3/c1-16-14-25(15-19(16)21(26)27-3)22(23-2)24-12-7-13-28-20-11-6-9-17-8-4-5-10-18(17)20/h4-5,8,10,16,19-20H,6-7,9,11-15H2,1-3H3,(H,23,24). The maximum absolute atomic E-state index is 11.9. The van der Waals surface area contributed by atoms with Gasteiger partial charge < -0.3 is 19.7 Å². The zero-order chi connectivity index (χ0) is 19.9. The van der Waals surface area contributed by atoms with Gasteiger partial charge in [-0.15, -0.1) is 0 Å². The van der Waals surface area contributed by atoms with Crippen LogP contribution in [0.15, 0.2) is 29.3 Å². The van der Waals surface area contributed by atoms with Crippen LogP contribution in [0.25, 0.3) is 0 Å². The molecule has 1 heterocycles. The van der Waals surface area contributed by atoms with Crippen LogP contribution >= 0.6 is 0 Å². The number of rotatable bonds is 6. The molecule has 0 amide bonds. The molecule has 1 N–H and O–H groups in total. The second-order valence-corrected chi connectivity index (χ2v) is 7.79. The molecule has 0 radical (unpaired) electrons. The largest absolute Gasteiger partial charge is 0.469 e. The van der Waals surface area contributed by atoms with Crippen molar-refractivity contribution in [2.75, 3.05) is 40.4 Å². The lowest BCUT2D eigenvalue weighted by Gasteiger charge is -2.26. The number of guanidine groups is 1. The van der Waals surface area contributed by atoms with Gasteiger partial charge in [-0.3, -0.25) is 9.79 Å². The van der Waals surface area contributed by atoms with Gasteiger partial charge in [0.15, 0.2) is 5.96 Å². The molecule has 2 aliphatic rings. The molecule has 0 saturated carbocycles. The Morgan fingerprint density at radius 3 is 2.93 bits per heavy atom. The van der Waals surface area contributed by atoms with Crippen LogP contribution in [0.1, 0.15) is 43.4 Å². The van der Waals surface area contributed by atoms with E-state index >= 15 is 0 Å². The lowest BCUT2D eigenvalue weighted by Crippen LogP contribution is -2.41. The summed E-state index contributed by atoms with van der Waals surface area (Å²) in [5.41, 5.74) is 2.79. The van der Waals surface area contributed by atoms with Gasteiger partial charge in [0.1, 0.15) is 0 Å². The molecule has 6 nitrogen and oxygen atoms in total. The summed E-state index contributed by atoms with van der Waals surface area (Å²) in [6.45, 7) is 5.08. The van der Waals surface area contributed by atoms with Crippen LogP contribution in [-0.4, -0.2) is 57.2 Å². The van der Waals surface area contributed by atoms with Gasteiger partial charge in [-0.2, -0.15) is 0 Å². The predicted octanol–water partition coefficient (Wildman–Crippen LogP) is 2.79. The summed E-state index contributed by atoms with van der Waals surface area (Å²) in [5.74, 6) is 0.895. The zero-order valence-corrected chi connectivity index (χ0v) is 17.3. The van der Waals surface area contributed by atoms with Crippen LogP contribution in [0, 0.1) is 11.8 Å². The minimum absolute atomic E-state index is 0.0850. The van der Waals surface area contributed by atoms with E-state index in [9.17, 15) is 4.79 Å². The number of ether oxygens (including phenoxy) is 2. The van der Waals surface area contributed by atoms with Crippen molar-refractivity contribution in [1.82, 2.24) is 10.2 Å². The average Bonchev–Trinajstić information content (AvgIpc) is 3.11. The SMILES string of the molecule is CN=C(NCCCOC1CCCc2ccccc21)N1CC(C)C(C(=O)OC)C1. The second-order valence-electron chi connectivity index (χ2n) is 7.79. The number of methoxy groups -OCH3 is 1.